The van der Waals surface area contributed by atoms with Gasteiger partial charge in [-0.1, -0.05) is 5.92 Å². The Balaban J connectivity index is 3.14. The van der Waals surface area contributed by atoms with Gasteiger partial charge >= 0.3 is 12.4 Å². The van der Waals surface area contributed by atoms with Gasteiger partial charge in [0.05, 0.1) is 17.7 Å². The van der Waals surface area contributed by atoms with Gasteiger partial charge in [-0.3, -0.25) is 0 Å². The van der Waals surface area contributed by atoms with Crippen LogP contribution in [0.2, 0.25) is 0 Å². The summed E-state index contributed by atoms with van der Waals surface area (Å²) < 4.78 is 75.0. The lowest BCUT2D eigenvalue weighted by molar-refractivity contribution is -0.143. The van der Waals surface area contributed by atoms with Gasteiger partial charge in [0.25, 0.3) is 0 Å². The second-order valence-electron chi connectivity index (χ2n) is 3.72. The van der Waals surface area contributed by atoms with Crippen LogP contribution in [0.4, 0.5) is 26.3 Å². The lowest BCUT2D eigenvalue weighted by Gasteiger charge is -2.14. The third-order valence-electron chi connectivity index (χ3n) is 2.20. The first kappa shape index (κ1) is 15.4. The van der Waals surface area contributed by atoms with Gasteiger partial charge in [-0.15, -0.1) is 6.42 Å². The topological polar surface area (TPSA) is 12.0 Å². The number of halogens is 6. The number of benzene rings is 1. The van der Waals surface area contributed by atoms with Crippen molar-refractivity contribution in [3.05, 3.63) is 34.9 Å². The molecule has 1 aromatic carbocycles. The molecule has 0 bridgehead atoms. The molecule has 0 aliphatic carbocycles. The van der Waals surface area contributed by atoms with Crippen LogP contribution in [0.1, 0.15) is 16.7 Å². The normalized spacial score (nSPS) is 12.3. The molecule has 0 amide bonds. The molecular formula is C12H9F6N. The first-order chi connectivity index (χ1) is 8.64. The summed E-state index contributed by atoms with van der Waals surface area (Å²) in [6.07, 6.45) is -4.74. The molecule has 0 fully saturated rings. The molecule has 0 heterocycles. The minimum atomic E-state index is -4.83. The summed E-state index contributed by atoms with van der Waals surface area (Å²) in [5.41, 5.74) is -2.79. The summed E-state index contributed by atoms with van der Waals surface area (Å²) in [7, 11) is 0. The van der Waals surface area contributed by atoms with Crippen LogP contribution in [-0.2, 0) is 18.9 Å². The Morgan fingerprint density at radius 3 is 1.79 bits per heavy atom. The standard InChI is InChI=1S/C12H9F6N/c1-2-3-19-7-8-4-9(11(13,14)15)6-10(5-8)12(16,17)18/h1,4-6,19H,3,7H2. The van der Waals surface area contributed by atoms with E-state index in [0.29, 0.717) is 12.1 Å². The van der Waals surface area contributed by atoms with Gasteiger partial charge in [-0.25, -0.2) is 0 Å². The highest BCUT2D eigenvalue weighted by Crippen LogP contribution is 2.36. The van der Waals surface area contributed by atoms with Crippen molar-refractivity contribution in [1.82, 2.24) is 5.32 Å². The number of hydrogen-bond acceptors (Lipinski definition) is 1. The minimum absolute atomic E-state index is 0.0532. The Labute approximate surface area is 105 Å². The Kier molecular flexibility index (Phi) is 4.48. The van der Waals surface area contributed by atoms with E-state index in [0.717, 1.165) is 0 Å². The Morgan fingerprint density at radius 1 is 0.947 bits per heavy atom. The molecule has 0 radical (unpaired) electrons. The van der Waals surface area contributed by atoms with Gasteiger partial charge in [0.15, 0.2) is 0 Å². The average molecular weight is 281 g/mol. The van der Waals surface area contributed by atoms with E-state index in [-0.39, 0.29) is 24.7 Å². The molecule has 7 heteroatoms. The molecule has 1 aromatic rings. The first-order valence-electron chi connectivity index (χ1n) is 5.07. The SMILES string of the molecule is C#CCNCc1cc(C(F)(F)F)cc(C(F)(F)F)c1. The third kappa shape index (κ3) is 4.48. The zero-order valence-electron chi connectivity index (χ0n) is 9.49. The van der Waals surface area contributed by atoms with Gasteiger partial charge < -0.3 is 5.32 Å². The maximum Gasteiger partial charge on any atom is 0.416 e. The summed E-state index contributed by atoms with van der Waals surface area (Å²) in [5, 5.41) is 2.54. The average Bonchev–Trinajstić information content (AvgIpc) is 2.27. The van der Waals surface area contributed by atoms with E-state index < -0.39 is 23.5 Å². The fourth-order valence-corrected chi connectivity index (χ4v) is 1.40. The van der Waals surface area contributed by atoms with Crippen LogP contribution in [-0.4, -0.2) is 6.54 Å². The van der Waals surface area contributed by atoms with E-state index in [1.807, 2.05) is 0 Å². The van der Waals surface area contributed by atoms with E-state index in [1.54, 1.807) is 0 Å². The van der Waals surface area contributed by atoms with Crippen LogP contribution in [0.25, 0.3) is 0 Å². The quantitative estimate of drug-likeness (QED) is 0.508. The van der Waals surface area contributed by atoms with Crippen molar-refractivity contribution in [2.45, 2.75) is 18.9 Å². The predicted molar refractivity (Wildman–Crippen MR) is 57.0 cm³/mol. The van der Waals surface area contributed by atoms with Crippen molar-refractivity contribution in [2.75, 3.05) is 6.54 Å². The van der Waals surface area contributed by atoms with Crippen LogP contribution < -0.4 is 5.32 Å². The van der Waals surface area contributed by atoms with Gasteiger partial charge in [0.2, 0.25) is 0 Å². The molecule has 0 unspecified atom stereocenters. The Morgan fingerprint density at radius 2 is 1.42 bits per heavy atom. The molecule has 0 saturated heterocycles. The Bertz CT molecular complexity index is 448. The summed E-state index contributed by atoms with van der Waals surface area (Å²) in [6, 6.07) is 1.42. The highest BCUT2D eigenvalue weighted by Gasteiger charge is 2.36. The van der Waals surface area contributed by atoms with E-state index in [9.17, 15) is 26.3 Å². The summed E-state index contributed by atoms with van der Waals surface area (Å²) >= 11 is 0. The van der Waals surface area contributed by atoms with Crippen LogP contribution in [0.15, 0.2) is 18.2 Å². The zero-order valence-corrected chi connectivity index (χ0v) is 9.49. The molecule has 0 aliphatic heterocycles. The summed E-state index contributed by atoms with van der Waals surface area (Å²) in [4.78, 5) is 0. The van der Waals surface area contributed by atoms with Crippen molar-refractivity contribution in [1.29, 1.82) is 0 Å². The van der Waals surface area contributed by atoms with E-state index in [2.05, 4.69) is 11.2 Å². The fraction of sp³-hybridized carbons (Fsp3) is 0.333. The third-order valence-corrected chi connectivity index (χ3v) is 2.20. The van der Waals surface area contributed by atoms with Crippen molar-refractivity contribution in [3.63, 3.8) is 0 Å². The molecule has 0 spiro atoms. The second-order valence-corrected chi connectivity index (χ2v) is 3.72. The molecule has 1 rings (SSSR count). The van der Waals surface area contributed by atoms with E-state index >= 15 is 0 Å². The van der Waals surface area contributed by atoms with Gasteiger partial charge in [-0.2, -0.15) is 26.3 Å². The molecule has 0 saturated carbocycles. The fourth-order valence-electron chi connectivity index (χ4n) is 1.40. The van der Waals surface area contributed by atoms with E-state index in [4.69, 9.17) is 6.42 Å². The van der Waals surface area contributed by atoms with E-state index in [1.165, 1.54) is 0 Å². The van der Waals surface area contributed by atoms with Crippen molar-refractivity contribution >= 4 is 0 Å². The molecule has 0 aliphatic rings. The van der Waals surface area contributed by atoms with Gasteiger partial charge in [0, 0.05) is 6.54 Å². The molecule has 104 valence electrons. The monoisotopic (exact) mass is 281 g/mol. The number of terminal acetylenes is 1. The second kappa shape index (κ2) is 5.53. The van der Waals surface area contributed by atoms with Gasteiger partial charge in [0.1, 0.15) is 0 Å². The summed E-state index contributed by atoms with van der Waals surface area (Å²) in [5.74, 6) is 2.17. The number of rotatable bonds is 3. The van der Waals surface area contributed by atoms with Crippen molar-refractivity contribution in [3.8, 4) is 12.3 Å². The van der Waals surface area contributed by atoms with Crippen LogP contribution in [0, 0.1) is 12.3 Å². The van der Waals surface area contributed by atoms with Crippen LogP contribution in [0.3, 0.4) is 0 Å². The largest absolute Gasteiger partial charge is 0.416 e. The number of alkyl halides is 6. The highest BCUT2D eigenvalue weighted by atomic mass is 19.4. The smallest absolute Gasteiger partial charge is 0.302 e. The minimum Gasteiger partial charge on any atom is -0.302 e. The van der Waals surface area contributed by atoms with Crippen LogP contribution >= 0.6 is 0 Å². The maximum absolute atomic E-state index is 12.5. The lowest BCUT2D eigenvalue weighted by Crippen LogP contribution is -2.16. The molecular weight excluding hydrogens is 272 g/mol. The molecule has 19 heavy (non-hydrogen) atoms. The molecule has 0 atom stereocenters. The Hall–Kier alpha value is -1.68. The zero-order chi connectivity index (χ0) is 14.7. The maximum atomic E-state index is 12.5. The van der Waals surface area contributed by atoms with Gasteiger partial charge in [-0.05, 0) is 23.8 Å². The molecule has 0 aromatic heterocycles. The highest BCUT2D eigenvalue weighted by molar-refractivity contribution is 5.33. The summed E-state index contributed by atoms with van der Waals surface area (Å²) in [6.45, 7) is -0.116. The van der Waals surface area contributed by atoms with Crippen molar-refractivity contribution in [2.24, 2.45) is 0 Å². The molecule has 1 N–H and O–H groups in total. The predicted octanol–water partition coefficient (Wildman–Crippen LogP) is 3.45. The first-order valence-corrected chi connectivity index (χ1v) is 5.07. The number of hydrogen-bond donors (Lipinski definition) is 1. The number of nitrogens with one attached hydrogen (secondary N) is 1. The lowest BCUT2D eigenvalue weighted by atomic mass is 10.0. The molecule has 1 nitrogen and oxygen atoms in total. The van der Waals surface area contributed by atoms with Crippen molar-refractivity contribution < 1.29 is 26.3 Å². The van der Waals surface area contributed by atoms with Crippen LogP contribution in [0.5, 0.6) is 0 Å².